The molecule has 1 aliphatic heterocycles. The van der Waals surface area contributed by atoms with E-state index >= 15 is 0 Å². The summed E-state index contributed by atoms with van der Waals surface area (Å²) in [5.41, 5.74) is 15.3. The van der Waals surface area contributed by atoms with Gasteiger partial charge in [0.05, 0.1) is 11.0 Å². The molecule has 0 N–H and O–H groups in total. The van der Waals surface area contributed by atoms with Crippen molar-refractivity contribution in [3.63, 3.8) is 0 Å². The molecule has 0 fully saturated rings. The Morgan fingerprint density at radius 1 is 0.460 bits per heavy atom. The number of benzene rings is 7. The van der Waals surface area contributed by atoms with Crippen LogP contribution in [0.5, 0.6) is 0 Å². The lowest BCUT2D eigenvalue weighted by Crippen LogP contribution is -2.49. The Hall–Kier alpha value is -5.64. The summed E-state index contributed by atoms with van der Waals surface area (Å²) in [5, 5.41) is 5.73. The molecule has 0 bridgehead atoms. The fourth-order valence-electron chi connectivity index (χ4n) is 9.05. The summed E-state index contributed by atoms with van der Waals surface area (Å²) >= 11 is 0. The number of fused-ring (bicyclic) bond motifs is 9. The summed E-state index contributed by atoms with van der Waals surface area (Å²) in [6.07, 6.45) is 0. The molecule has 1 aliphatic carbocycles. The standard InChI is InChI=1S/C47H38N2Si/c1-47(2)41-19-11-8-16-35(41)36-27-26-34(28-42(36)47)48(31-14-6-5-7-15-31)32-22-24-33(25-23-32)49-43-20-12-9-17-37(43)39-30-46-40(29-44(39)49)38-18-10-13-21-45(38)50(46,3)4/h5-30H,1-4H3. The highest BCUT2D eigenvalue weighted by Crippen LogP contribution is 2.50. The molecule has 50 heavy (non-hydrogen) atoms. The summed E-state index contributed by atoms with van der Waals surface area (Å²) in [6, 6.07) is 58.8. The van der Waals surface area contributed by atoms with E-state index in [1.807, 2.05) is 0 Å². The van der Waals surface area contributed by atoms with Gasteiger partial charge >= 0.3 is 0 Å². The predicted octanol–water partition coefficient (Wildman–Crippen LogP) is 11.4. The molecule has 0 atom stereocenters. The molecule has 2 aliphatic rings. The van der Waals surface area contributed by atoms with E-state index < -0.39 is 8.07 Å². The highest BCUT2D eigenvalue weighted by Gasteiger charge is 2.38. The van der Waals surface area contributed by atoms with Gasteiger partial charge in [-0.15, -0.1) is 0 Å². The van der Waals surface area contributed by atoms with Crippen LogP contribution in [-0.2, 0) is 5.41 Å². The lowest BCUT2D eigenvalue weighted by molar-refractivity contribution is 0.660. The zero-order valence-electron chi connectivity index (χ0n) is 28.9. The minimum Gasteiger partial charge on any atom is -0.310 e. The van der Waals surface area contributed by atoms with Crippen LogP contribution in [0.15, 0.2) is 158 Å². The lowest BCUT2D eigenvalue weighted by Gasteiger charge is -2.28. The van der Waals surface area contributed by atoms with Gasteiger partial charge in [-0.2, -0.15) is 0 Å². The number of aromatic nitrogens is 1. The van der Waals surface area contributed by atoms with Gasteiger partial charge in [0.2, 0.25) is 0 Å². The first-order chi connectivity index (χ1) is 24.3. The molecule has 8 aromatic rings. The molecular formula is C47H38N2Si. The Balaban J connectivity index is 1.13. The van der Waals surface area contributed by atoms with Crippen molar-refractivity contribution in [2.24, 2.45) is 0 Å². The first-order valence-electron chi connectivity index (χ1n) is 17.7. The van der Waals surface area contributed by atoms with Crippen molar-refractivity contribution in [3.8, 4) is 27.9 Å². The minimum atomic E-state index is -1.79. The average Bonchev–Trinajstić information content (AvgIpc) is 3.68. The van der Waals surface area contributed by atoms with Crippen molar-refractivity contribution < 1.29 is 0 Å². The highest BCUT2D eigenvalue weighted by atomic mass is 28.3. The second kappa shape index (κ2) is 10.4. The van der Waals surface area contributed by atoms with Crippen LogP contribution >= 0.6 is 0 Å². The summed E-state index contributed by atoms with van der Waals surface area (Å²) in [7, 11) is -1.79. The first kappa shape index (κ1) is 29.3. The second-order valence-corrected chi connectivity index (χ2v) is 19.4. The molecule has 0 saturated carbocycles. The number of nitrogens with zero attached hydrogens (tertiary/aromatic N) is 2. The fourth-order valence-corrected chi connectivity index (χ4v) is 12.1. The van der Waals surface area contributed by atoms with Gasteiger partial charge in [0.25, 0.3) is 0 Å². The smallest absolute Gasteiger partial charge is 0.113 e. The molecule has 240 valence electrons. The van der Waals surface area contributed by atoms with Crippen molar-refractivity contribution in [2.75, 3.05) is 4.90 Å². The zero-order valence-corrected chi connectivity index (χ0v) is 29.9. The van der Waals surface area contributed by atoms with Crippen molar-refractivity contribution in [3.05, 3.63) is 169 Å². The van der Waals surface area contributed by atoms with E-state index in [0.717, 1.165) is 11.4 Å². The number of hydrogen-bond donors (Lipinski definition) is 0. The molecule has 0 saturated heterocycles. The molecule has 3 heteroatoms. The normalized spacial score (nSPS) is 14.7. The molecule has 2 nitrogen and oxygen atoms in total. The van der Waals surface area contributed by atoms with Gasteiger partial charge < -0.3 is 9.47 Å². The fraction of sp³-hybridized carbons (Fsp3) is 0.106. The Morgan fingerprint density at radius 3 is 1.92 bits per heavy atom. The second-order valence-electron chi connectivity index (χ2n) is 15.0. The third kappa shape index (κ3) is 4.01. The Kier molecular flexibility index (Phi) is 6.11. The van der Waals surface area contributed by atoms with Gasteiger partial charge in [-0.3, -0.25) is 0 Å². The van der Waals surface area contributed by atoms with Crippen LogP contribution in [0.2, 0.25) is 13.1 Å². The largest absolute Gasteiger partial charge is 0.310 e. The molecule has 1 aromatic heterocycles. The summed E-state index contributed by atoms with van der Waals surface area (Å²) < 4.78 is 2.46. The average molecular weight is 659 g/mol. The minimum absolute atomic E-state index is 0.0664. The molecule has 0 amide bonds. The molecule has 7 aromatic carbocycles. The maximum Gasteiger partial charge on any atom is 0.113 e. The van der Waals surface area contributed by atoms with Crippen molar-refractivity contribution in [1.82, 2.24) is 4.57 Å². The van der Waals surface area contributed by atoms with Crippen LogP contribution in [-0.4, -0.2) is 12.6 Å². The summed E-state index contributed by atoms with van der Waals surface area (Å²) in [6.45, 7) is 9.71. The molecular weight excluding hydrogens is 621 g/mol. The van der Waals surface area contributed by atoms with Gasteiger partial charge in [-0.1, -0.05) is 124 Å². The maximum absolute atomic E-state index is 2.52. The lowest BCUT2D eigenvalue weighted by atomic mass is 9.82. The molecule has 0 radical (unpaired) electrons. The third-order valence-electron chi connectivity index (χ3n) is 11.6. The van der Waals surface area contributed by atoms with Crippen molar-refractivity contribution in [1.29, 1.82) is 0 Å². The molecule has 10 rings (SSSR count). The van der Waals surface area contributed by atoms with E-state index in [4.69, 9.17) is 0 Å². The van der Waals surface area contributed by atoms with Gasteiger partial charge in [0.15, 0.2) is 0 Å². The van der Waals surface area contributed by atoms with E-state index in [9.17, 15) is 0 Å². The van der Waals surface area contributed by atoms with E-state index in [1.54, 1.807) is 10.4 Å². The third-order valence-corrected chi connectivity index (χ3v) is 15.1. The monoisotopic (exact) mass is 658 g/mol. The number of hydrogen-bond acceptors (Lipinski definition) is 1. The van der Waals surface area contributed by atoms with Crippen LogP contribution in [0.3, 0.4) is 0 Å². The first-order valence-corrected chi connectivity index (χ1v) is 20.7. The van der Waals surface area contributed by atoms with Gasteiger partial charge in [-0.05, 0) is 104 Å². The topological polar surface area (TPSA) is 8.17 Å². The van der Waals surface area contributed by atoms with E-state index in [2.05, 4.69) is 194 Å². The number of rotatable bonds is 4. The highest BCUT2D eigenvalue weighted by molar-refractivity contribution is 7.04. The maximum atomic E-state index is 2.52. The van der Waals surface area contributed by atoms with E-state index in [0.29, 0.717) is 0 Å². The Bertz CT molecular complexity index is 2640. The van der Waals surface area contributed by atoms with Gasteiger partial charge in [0, 0.05) is 38.9 Å². The summed E-state index contributed by atoms with van der Waals surface area (Å²) in [4.78, 5) is 2.39. The van der Waals surface area contributed by atoms with Crippen LogP contribution < -0.4 is 15.3 Å². The van der Waals surface area contributed by atoms with Crippen LogP contribution in [0.25, 0.3) is 49.7 Å². The SMILES string of the molecule is CC1(C)c2ccccc2-c2ccc(N(c3ccccc3)c3ccc(-n4c5ccccc5c5cc6c(cc54)-c4ccccc4[Si]6(C)C)cc3)cc21. The molecule has 0 spiro atoms. The summed E-state index contributed by atoms with van der Waals surface area (Å²) in [5.74, 6) is 0. The Labute approximate surface area is 294 Å². The van der Waals surface area contributed by atoms with Crippen LogP contribution in [0.4, 0.5) is 17.1 Å². The van der Waals surface area contributed by atoms with Gasteiger partial charge in [-0.25, -0.2) is 0 Å². The van der Waals surface area contributed by atoms with Crippen molar-refractivity contribution >= 4 is 57.3 Å². The predicted molar refractivity (Wildman–Crippen MR) is 215 cm³/mol. The molecule has 0 unspecified atom stereocenters. The van der Waals surface area contributed by atoms with Crippen LogP contribution in [0, 0.1) is 0 Å². The number of anilines is 3. The quantitative estimate of drug-likeness (QED) is 0.171. The number of para-hydroxylation sites is 2. The van der Waals surface area contributed by atoms with E-state index in [-0.39, 0.29) is 5.41 Å². The zero-order chi connectivity index (χ0) is 33.8. The Morgan fingerprint density at radius 2 is 1.10 bits per heavy atom. The van der Waals surface area contributed by atoms with Crippen LogP contribution in [0.1, 0.15) is 25.0 Å². The van der Waals surface area contributed by atoms with E-state index in [1.165, 1.54) is 66.6 Å². The van der Waals surface area contributed by atoms with Gasteiger partial charge in [0.1, 0.15) is 8.07 Å². The van der Waals surface area contributed by atoms with Crippen molar-refractivity contribution in [2.45, 2.75) is 32.4 Å². The molecule has 2 heterocycles.